The minimum atomic E-state index is -0.141. The highest BCUT2D eigenvalue weighted by Crippen LogP contribution is 2.37. The topological polar surface area (TPSA) is 18.5 Å². The number of benzene rings is 2. The molecule has 2 nitrogen and oxygen atoms in total. The van der Waals surface area contributed by atoms with Crippen LogP contribution in [0.15, 0.2) is 48.5 Å². The molecule has 0 unspecified atom stereocenters. The van der Waals surface area contributed by atoms with Crippen molar-refractivity contribution in [3.8, 4) is 11.5 Å². The molecule has 0 N–H and O–H groups in total. The van der Waals surface area contributed by atoms with E-state index in [1.54, 1.807) is 0 Å². The smallest absolute Gasteiger partial charge is 0.120 e. The van der Waals surface area contributed by atoms with E-state index < -0.39 is 0 Å². The van der Waals surface area contributed by atoms with Crippen LogP contribution in [0, 0.1) is 0 Å². The van der Waals surface area contributed by atoms with E-state index >= 15 is 0 Å². The zero-order valence-electron chi connectivity index (χ0n) is 19.1. The third-order valence-electron chi connectivity index (χ3n) is 6.18. The van der Waals surface area contributed by atoms with Gasteiger partial charge in [0.15, 0.2) is 0 Å². The molecule has 2 aromatic rings. The van der Waals surface area contributed by atoms with E-state index in [9.17, 15) is 0 Å². The van der Waals surface area contributed by atoms with Gasteiger partial charge in [-0.15, -0.1) is 0 Å². The summed E-state index contributed by atoms with van der Waals surface area (Å²) in [5.74, 6) is 1.86. The van der Waals surface area contributed by atoms with Crippen LogP contribution in [0.1, 0.15) is 85.8 Å². The van der Waals surface area contributed by atoms with Gasteiger partial charge in [0.05, 0.1) is 0 Å². The number of hydrogen-bond donors (Lipinski definition) is 0. The van der Waals surface area contributed by atoms with Gasteiger partial charge in [0.2, 0.25) is 0 Å². The Balaban J connectivity index is 2.24. The Morgan fingerprint density at radius 2 is 0.857 bits per heavy atom. The van der Waals surface area contributed by atoms with E-state index in [2.05, 4.69) is 104 Å². The summed E-state index contributed by atoms with van der Waals surface area (Å²) in [6.07, 6.45) is 2.98. The van der Waals surface area contributed by atoms with E-state index in [1.807, 2.05) is 0 Å². The summed E-state index contributed by atoms with van der Waals surface area (Å²) in [4.78, 5) is 0. The van der Waals surface area contributed by atoms with Crippen molar-refractivity contribution >= 4 is 0 Å². The zero-order valence-corrected chi connectivity index (χ0v) is 19.1. The predicted molar refractivity (Wildman–Crippen MR) is 120 cm³/mol. The van der Waals surface area contributed by atoms with Gasteiger partial charge in [-0.25, -0.2) is 0 Å². The average Bonchev–Trinajstić information content (AvgIpc) is 2.68. The summed E-state index contributed by atoms with van der Waals surface area (Å²) in [7, 11) is 0. The standard InChI is InChI=1S/C26H38O2/c1-9-24(4,5)27-22-16-12-20(13-17-22)26(8,11-3)21-14-18-23(19-15-21)28-25(6,7)10-2/h12-19H,9-11H2,1-8H3. The summed E-state index contributed by atoms with van der Waals surface area (Å²) < 4.78 is 12.2. The van der Waals surface area contributed by atoms with Crippen molar-refractivity contribution in [2.45, 2.75) is 91.3 Å². The van der Waals surface area contributed by atoms with Crippen molar-refractivity contribution in [2.24, 2.45) is 0 Å². The van der Waals surface area contributed by atoms with E-state index in [-0.39, 0.29) is 16.6 Å². The highest BCUT2D eigenvalue weighted by Gasteiger charge is 2.27. The van der Waals surface area contributed by atoms with Crippen molar-refractivity contribution in [1.82, 2.24) is 0 Å². The summed E-state index contributed by atoms with van der Waals surface area (Å²) in [6.45, 7) is 17.4. The van der Waals surface area contributed by atoms with Crippen molar-refractivity contribution in [1.29, 1.82) is 0 Å². The van der Waals surface area contributed by atoms with Crippen LogP contribution >= 0.6 is 0 Å². The summed E-state index contributed by atoms with van der Waals surface area (Å²) >= 11 is 0. The Labute approximate surface area is 172 Å². The van der Waals surface area contributed by atoms with Crippen molar-refractivity contribution in [2.75, 3.05) is 0 Å². The fourth-order valence-electron chi connectivity index (χ4n) is 3.14. The van der Waals surface area contributed by atoms with Crippen molar-refractivity contribution in [3.05, 3.63) is 59.7 Å². The Morgan fingerprint density at radius 1 is 0.536 bits per heavy atom. The van der Waals surface area contributed by atoms with Crippen LogP contribution < -0.4 is 9.47 Å². The van der Waals surface area contributed by atoms with Gasteiger partial charge in [-0.05, 0) is 82.3 Å². The molecule has 0 radical (unpaired) electrons. The van der Waals surface area contributed by atoms with Crippen LogP contribution in [0.4, 0.5) is 0 Å². The van der Waals surface area contributed by atoms with Gasteiger partial charge < -0.3 is 9.47 Å². The lowest BCUT2D eigenvalue weighted by Crippen LogP contribution is -2.27. The fourth-order valence-corrected chi connectivity index (χ4v) is 3.14. The largest absolute Gasteiger partial charge is 0.488 e. The zero-order chi connectivity index (χ0) is 21.0. The summed E-state index contributed by atoms with van der Waals surface area (Å²) in [5, 5.41) is 0. The Morgan fingerprint density at radius 3 is 1.11 bits per heavy atom. The maximum absolute atomic E-state index is 6.11. The first-order valence-electron chi connectivity index (χ1n) is 10.6. The third-order valence-corrected chi connectivity index (χ3v) is 6.18. The quantitative estimate of drug-likeness (QED) is 0.446. The maximum atomic E-state index is 6.11. The van der Waals surface area contributed by atoms with E-state index in [1.165, 1.54) is 11.1 Å². The van der Waals surface area contributed by atoms with Gasteiger partial charge in [0.25, 0.3) is 0 Å². The molecule has 0 saturated carbocycles. The second kappa shape index (κ2) is 8.59. The molecule has 0 aliphatic heterocycles. The van der Waals surface area contributed by atoms with Gasteiger partial charge >= 0.3 is 0 Å². The molecular formula is C26H38O2. The monoisotopic (exact) mass is 382 g/mol. The first-order valence-corrected chi connectivity index (χ1v) is 10.6. The fraction of sp³-hybridized carbons (Fsp3) is 0.538. The third kappa shape index (κ3) is 5.31. The first-order chi connectivity index (χ1) is 13.0. The SMILES string of the molecule is CCC(C)(C)Oc1ccc(C(C)(CC)c2ccc(OC(C)(C)CC)cc2)cc1. The van der Waals surface area contributed by atoms with Gasteiger partial charge in [-0.2, -0.15) is 0 Å². The number of ether oxygens (including phenoxy) is 2. The lowest BCUT2D eigenvalue weighted by atomic mass is 9.74. The minimum Gasteiger partial charge on any atom is -0.488 e. The molecular weight excluding hydrogens is 344 g/mol. The van der Waals surface area contributed by atoms with E-state index in [4.69, 9.17) is 9.47 Å². The molecule has 0 heterocycles. The Hall–Kier alpha value is -1.96. The highest BCUT2D eigenvalue weighted by molar-refractivity contribution is 5.42. The van der Waals surface area contributed by atoms with Crippen LogP contribution in [0.3, 0.4) is 0 Å². The Bertz CT molecular complexity index is 678. The summed E-state index contributed by atoms with van der Waals surface area (Å²) in [6, 6.07) is 17.2. The summed E-state index contributed by atoms with van der Waals surface area (Å²) in [5.41, 5.74) is 2.28. The minimum absolute atomic E-state index is 0.0440. The molecule has 2 rings (SSSR count). The van der Waals surface area contributed by atoms with Gasteiger partial charge in [0, 0.05) is 5.41 Å². The van der Waals surface area contributed by atoms with Crippen molar-refractivity contribution < 1.29 is 9.47 Å². The van der Waals surface area contributed by atoms with Gasteiger partial charge in [0.1, 0.15) is 22.7 Å². The molecule has 28 heavy (non-hydrogen) atoms. The average molecular weight is 383 g/mol. The molecule has 0 aromatic heterocycles. The normalized spacial score (nSPS) is 12.7. The molecule has 2 heteroatoms. The lowest BCUT2D eigenvalue weighted by Gasteiger charge is -2.31. The highest BCUT2D eigenvalue weighted by atomic mass is 16.5. The van der Waals surface area contributed by atoms with Gasteiger partial charge in [-0.1, -0.05) is 52.0 Å². The van der Waals surface area contributed by atoms with Gasteiger partial charge in [-0.3, -0.25) is 0 Å². The molecule has 154 valence electrons. The molecule has 0 spiro atoms. The molecule has 0 bridgehead atoms. The second-order valence-corrected chi connectivity index (χ2v) is 9.17. The van der Waals surface area contributed by atoms with Crippen LogP contribution in [-0.2, 0) is 5.41 Å². The maximum Gasteiger partial charge on any atom is 0.120 e. The molecule has 0 aliphatic rings. The van der Waals surface area contributed by atoms with Crippen LogP contribution in [0.2, 0.25) is 0 Å². The van der Waals surface area contributed by atoms with E-state index in [0.29, 0.717) is 0 Å². The molecule has 0 aliphatic carbocycles. The molecule has 0 fully saturated rings. The Kier molecular flexibility index (Phi) is 6.85. The number of hydrogen-bond acceptors (Lipinski definition) is 2. The second-order valence-electron chi connectivity index (χ2n) is 9.17. The van der Waals surface area contributed by atoms with Crippen LogP contribution in [0.5, 0.6) is 11.5 Å². The lowest BCUT2D eigenvalue weighted by molar-refractivity contribution is 0.105. The first kappa shape index (κ1) is 22.3. The van der Waals surface area contributed by atoms with Crippen LogP contribution in [0.25, 0.3) is 0 Å². The molecule has 2 aromatic carbocycles. The van der Waals surface area contributed by atoms with Crippen LogP contribution in [-0.4, -0.2) is 11.2 Å². The molecule has 0 atom stereocenters. The predicted octanol–water partition coefficient (Wildman–Crippen LogP) is 7.54. The van der Waals surface area contributed by atoms with E-state index in [0.717, 1.165) is 30.8 Å². The van der Waals surface area contributed by atoms with Crippen molar-refractivity contribution in [3.63, 3.8) is 0 Å². The number of rotatable bonds is 9. The molecule has 0 saturated heterocycles. The molecule has 0 amide bonds.